The Balaban J connectivity index is 1.28. The van der Waals surface area contributed by atoms with E-state index in [0.717, 1.165) is 31.6 Å². The second-order valence-electron chi connectivity index (χ2n) is 7.94. The first-order valence-electron chi connectivity index (χ1n) is 9.76. The molecular weight excluding hydrogens is 346 g/mol. The number of nitrogens with zero attached hydrogens (tertiary/aromatic N) is 2. The minimum absolute atomic E-state index is 0.0183. The van der Waals surface area contributed by atoms with Gasteiger partial charge in [0.15, 0.2) is 0 Å². The topological polar surface area (TPSA) is 61.8 Å². The molecule has 2 saturated carbocycles. The van der Waals surface area contributed by atoms with E-state index in [1.165, 1.54) is 17.7 Å². The van der Waals surface area contributed by atoms with Crippen molar-refractivity contribution >= 4 is 29.0 Å². The predicted molar refractivity (Wildman–Crippen MR) is 103 cm³/mol. The number of aliphatic imine (C=N–C) groups is 1. The Hall–Kier alpha value is -1.69. The van der Waals surface area contributed by atoms with Crippen molar-refractivity contribution in [2.24, 2.45) is 16.8 Å². The molecule has 0 unspecified atom stereocenters. The minimum Gasteiger partial charge on any atom is -0.356 e. The number of amides is 2. The first kappa shape index (κ1) is 17.7. The Morgan fingerprint density at radius 1 is 1.35 bits per heavy atom. The summed E-state index contributed by atoms with van der Waals surface area (Å²) in [5.74, 6) is 1.88. The molecular formula is C20H27N3O2S. The van der Waals surface area contributed by atoms with Gasteiger partial charge >= 0.3 is 0 Å². The maximum Gasteiger partial charge on any atom is 0.255 e. The Morgan fingerprint density at radius 2 is 2.12 bits per heavy atom. The average Bonchev–Trinajstić information content (AvgIpc) is 3.26. The van der Waals surface area contributed by atoms with Crippen LogP contribution in [0.3, 0.4) is 0 Å². The van der Waals surface area contributed by atoms with Crippen LogP contribution in [0, 0.1) is 11.8 Å². The van der Waals surface area contributed by atoms with Gasteiger partial charge in [-0.1, -0.05) is 6.07 Å². The molecule has 5 nitrogen and oxygen atoms in total. The fourth-order valence-electron chi connectivity index (χ4n) is 4.18. The minimum atomic E-state index is -0.577. The van der Waals surface area contributed by atoms with E-state index in [1.807, 2.05) is 17.9 Å². The van der Waals surface area contributed by atoms with Gasteiger partial charge in [0, 0.05) is 23.9 Å². The number of amidine groups is 1. The Kier molecular flexibility index (Phi) is 4.86. The summed E-state index contributed by atoms with van der Waals surface area (Å²) in [7, 11) is 0. The summed E-state index contributed by atoms with van der Waals surface area (Å²) in [5, 5.41) is 5.13. The second kappa shape index (κ2) is 7.14. The summed E-state index contributed by atoms with van der Waals surface area (Å²) in [6.07, 6.45) is 6.27. The van der Waals surface area contributed by atoms with Gasteiger partial charge in [-0.3, -0.25) is 19.5 Å². The number of nitrogens with one attached hydrogen (secondary N) is 1. The number of rotatable bonds is 6. The summed E-state index contributed by atoms with van der Waals surface area (Å²) >= 11 is 1.72. The number of thiophene rings is 1. The van der Waals surface area contributed by atoms with Crippen LogP contribution in [0.1, 0.15) is 50.3 Å². The van der Waals surface area contributed by atoms with Crippen molar-refractivity contribution in [3.8, 4) is 0 Å². The van der Waals surface area contributed by atoms with Gasteiger partial charge < -0.3 is 5.32 Å². The van der Waals surface area contributed by atoms with Crippen LogP contribution in [-0.2, 0) is 16.0 Å². The van der Waals surface area contributed by atoms with Crippen LogP contribution < -0.4 is 5.32 Å². The molecule has 1 aromatic heterocycles. The van der Waals surface area contributed by atoms with Gasteiger partial charge in [-0.05, 0) is 69.2 Å². The van der Waals surface area contributed by atoms with Crippen LogP contribution in [0.4, 0.5) is 0 Å². The zero-order chi connectivity index (χ0) is 18.1. The van der Waals surface area contributed by atoms with Crippen LogP contribution in [0.5, 0.6) is 0 Å². The lowest BCUT2D eigenvalue weighted by Gasteiger charge is -2.33. The fraction of sp³-hybridized carbons (Fsp3) is 0.650. The number of carbonyl (C=O) groups is 2. The molecule has 26 heavy (non-hydrogen) atoms. The summed E-state index contributed by atoms with van der Waals surface area (Å²) in [5.41, 5.74) is -0.577. The molecule has 1 spiro atoms. The quantitative estimate of drug-likeness (QED) is 0.833. The zero-order valence-electron chi connectivity index (χ0n) is 15.4. The van der Waals surface area contributed by atoms with E-state index < -0.39 is 5.54 Å². The van der Waals surface area contributed by atoms with E-state index in [0.29, 0.717) is 25.3 Å². The molecule has 0 bridgehead atoms. The molecule has 0 radical (unpaired) electrons. The van der Waals surface area contributed by atoms with E-state index in [-0.39, 0.29) is 17.7 Å². The summed E-state index contributed by atoms with van der Waals surface area (Å²) in [6.45, 7) is 3.48. The van der Waals surface area contributed by atoms with E-state index in [2.05, 4.69) is 16.8 Å². The lowest BCUT2D eigenvalue weighted by molar-refractivity contribution is -0.135. The SMILES string of the molecule is CC1=NC2(CCC(C(=O)NCCc3cccs3)CC2)C(=O)N1CC1CC1. The van der Waals surface area contributed by atoms with Crippen molar-refractivity contribution in [2.75, 3.05) is 13.1 Å². The molecule has 3 aliphatic rings. The first-order chi connectivity index (χ1) is 12.6. The molecule has 140 valence electrons. The molecule has 2 amide bonds. The molecule has 2 heterocycles. The summed E-state index contributed by atoms with van der Waals surface area (Å²) in [6, 6.07) is 4.14. The highest BCUT2D eigenvalue weighted by Gasteiger charge is 2.50. The molecule has 6 heteroatoms. The largest absolute Gasteiger partial charge is 0.356 e. The third-order valence-corrected chi connectivity index (χ3v) is 6.92. The fourth-order valence-corrected chi connectivity index (χ4v) is 4.89. The molecule has 2 fully saturated rings. The van der Waals surface area contributed by atoms with Crippen LogP contribution in [0.2, 0.25) is 0 Å². The van der Waals surface area contributed by atoms with E-state index in [1.54, 1.807) is 11.3 Å². The van der Waals surface area contributed by atoms with Gasteiger partial charge in [0.1, 0.15) is 11.4 Å². The highest BCUT2D eigenvalue weighted by Crippen LogP contribution is 2.41. The molecule has 0 atom stereocenters. The lowest BCUT2D eigenvalue weighted by Crippen LogP contribution is -2.47. The van der Waals surface area contributed by atoms with Gasteiger partial charge in [0.2, 0.25) is 5.91 Å². The van der Waals surface area contributed by atoms with Crippen molar-refractivity contribution in [1.29, 1.82) is 0 Å². The maximum absolute atomic E-state index is 12.9. The highest BCUT2D eigenvalue weighted by molar-refractivity contribution is 7.09. The number of carbonyl (C=O) groups excluding carboxylic acids is 2. The van der Waals surface area contributed by atoms with Crippen LogP contribution >= 0.6 is 11.3 Å². The van der Waals surface area contributed by atoms with E-state index in [4.69, 9.17) is 4.99 Å². The van der Waals surface area contributed by atoms with Gasteiger partial charge in [-0.2, -0.15) is 0 Å². The Labute approximate surface area is 158 Å². The van der Waals surface area contributed by atoms with Crippen molar-refractivity contribution in [1.82, 2.24) is 10.2 Å². The van der Waals surface area contributed by atoms with Crippen molar-refractivity contribution in [3.05, 3.63) is 22.4 Å². The van der Waals surface area contributed by atoms with Gasteiger partial charge in [-0.15, -0.1) is 11.3 Å². The molecule has 0 aromatic carbocycles. The number of hydrogen-bond acceptors (Lipinski definition) is 4. The van der Waals surface area contributed by atoms with Crippen LogP contribution in [0.15, 0.2) is 22.5 Å². The third kappa shape index (κ3) is 3.56. The van der Waals surface area contributed by atoms with Crippen molar-refractivity contribution < 1.29 is 9.59 Å². The standard InChI is InChI=1S/C20H27N3O2S/c1-14-22-20(19(25)23(14)13-15-4-5-15)9-6-16(7-10-20)18(24)21-11-8-17-3-2-12-26-17/h2-3,12,15-16H,4-11,13H2,1H3,(H,21,24). The predicted octanol–water partition coefficient (Wildman–Crippen LogP) is 3.01. The van der Waals surface area contributed by atoms with Crippen LogP contribution in [-0.4, -0.2) is 41.2 Å². The van der Waals surface area contributed by atoms with Gasteiger partial charge in [0.05, 0.1) is 0 Å². The number of hydrogen-bond donors (Lipinski definition) is 1. The van der Waals surface area contributed by atoms with E-state index >= 15 is 0 Å². The second-order valence-corrected chi connectivity index (χ2v) is 8.98. The molecule has 4 rings (SSSR count). The van der Waals surface area contributed by atoms with E-state index in [9.17, 15) is 9.59 Å². The summed E-state index contributed by atoms with van der Waals surface area (Å²) < 4.78 is 0. The maximum atomic E-state index is 12.9. The monoisotopic (exact) mass is 373 g/mol. The zero-order valence-corrected chi connectivity index (χ0v) is 16.2. The third-order valence-electron chi connectivity index (χ3n) is 5.98. The summed E-state index contributed by atoms with van der Waals surface area (Å²) in [4.78, 5) is 33.4. The molecule has 2 aliphatic carbocycles. The normalized spacial score (nSPS) is 28.5. The molecule has 0 saturated heterocycles. The van der Waals surface area contributed by atoms with Gasteiger partial charge in [-0.25, -0.2) is 0 Å². The molecule has 1 aromatic rings. The Bertz CT molecular complexity index is 701. The average molecular weight is 374 g/mol. The Morgan fingerprint density at radius 3 is 2.77 bits per heavy atom. The van der Waals surface area contributed by atoms with Crippen molar-refractivity contribution in [2.45, 2.75) is 57.4 Å². The smallest absolute Gasteiger partial charge is 0.255 e. The van der Waals surface area contributed by atoms with Crippen LogP contribution in [0.25, 0.3) is 0 Å². The highest BCUT2D eigenvalue weighted by atomic mass is 32.1. The molecule has 1 N–H and O–H groups in total. The van der Waals surface area contributed by atoms with Gasteiger partial charge in [0.25, 0.3) is 5.91 Å². The van der Waals surface area contributed by atoms with Crippen molar-refractivity contribution in [3.63, 3.8) is 0 Å². The first-order valence-corrected chi connectivity index (χ1v) is 10.6. The molecule has 1 aliphatic heterocycles. The lowest BCUT2D eigenvalue weighted by atomic mass is 9.76.